The van der Waals surface area contributed by atoms with Crippen LogP contribution in [-0.2, 0) is 4.57 Å². The van der Waals surface area contributed by atoms with Crippen LogP contribution < -0.4 is 15.7 Å². The normalized spacial score (nSPS) is 12.3. The first-order valence-electron chi connectivity index (χ1n) is 10.4. The van der Waals surface area contributed by atoms with Crippen LogP contribution in [0.15, 0.2) is 128 Å². The molecule has 31 heavy (non-hydrogen) atoms. The lowest BCUT2D eigenvalue weighted by molar-refractivity contribution is 0.563. The van der Waals surface area contributed by atoms with Crippen molar-refractivity contribution in [2.45, 2.75) is 12.5 Å². The molecule has 0 saturated carbocycles. The molecule has 0 radical (unpaired) electrons. The Labute approximate surface area is 184 Å². The van der Waals surface area contributed by atoms with Crippen molar-refractivity contribution in [2.24, 2.45) is 0 Å². The zero-order valence-electron chi connectivity index (χ0n) is 17.4. The van der Waals surface area contributed by atoms with E-state index in [1.807, 2.05) is 97.1 Å². The molecule has 0 fully saturated rings. The van der Waals surface area contributed by atoms with Crippen molar-refractivity contribution in [3.63, 3.8) is 0 Å². The van der Waals surface area contributed by atoms with Gasteiger partial charge in [-0.2, -0.15) is 0 Å². The molecule has 0 amide bonds. The van der Waals surface area contributed by atoms with Gasteiger partial charge in [-0.15, -0.1) is 0 Å². The first-order chi connectivity index (χ1) is 15.2. The molecule has 1 atom stereocenters. The van der Waals surface area contributed by atoms with E-state index in [0.29, 0.717) is 6.42 Å². The maximum Gasteiger partial charge on any atom is 0.205 e. The van der Waals surface area contributed by atoms with Crippen molar-refractivity contribution in [3.8, 4) is 0 Å². The minimum atomic E-state index is -3.08. The molecule has 0 aliphatic carbocycles. The highest BCUT2D eigenvalue weighted by Gasteiger charge is 2.31. The summed E-state index contributed by atoms with van der Waals surface area (Å²) in [6, 6.07) is 39.6. The van der Waals surface area contributed by atoms with Crippen molar-refractivity contribution in [3.05, 3.63) is 139 Å². The van der Waals surface area contributed by atoms with Crippen LogP contribution in [0.4, 0.5) is 0 Å². The fourth-order valence-electron chi connectivity index (χ4n) is 3.75. The highest BCUT2D eigenvalue weighted by molar-refractivity contribution is 7.76. The average Bonchev–Trinajstić information content (AvgIpc) is 2.85. The Bertz CT molecular complexity index is 1120. The van der Waals surface area contributed by atoms with Gasteiger partial charge < -0.3 is 0 Å². The number of benzene rings is 4. The Kier molecular flexibility index (Phi) is 6.62. The van der Waals surface area contributed by atoms with Crippen LogP contribution in [0.5, 0.6) is 0 Å². The molecular weight excluding hydrogens is 397 g/mol. The van der Waals surface area contributed by atoms with Crippen molar-refractivity contribution < 1.29 is 4.57 Å². The molecule has 0 aromatic heterocycles. The van der Waals surface area contributed by atoms with Crippen LogP contribution in [0.1, 0.15) is 23.6 Å². The molecule has 0 spiro atoms. The largest absolute Gasteiger partial charge is 0.297 e. The van der Waals surface area contributed by atoms with Crippen LogP contribution >= 0.6 is 7.29 Å². The summed E-state index contributed by atoms with van der Waals surface area (Å²) < 4.78 is 14.6. The summed E-state index contributed by atoms with van der Waals surface area (Å²) in [6.07, 6.45) is 0.650. The maximum absolute atomic E-state index is 14.6. The lowest BCUT2D eigenvalue weighted by atomic mass is 9.96. The second-order valence-electron chi connectivity index (χ2n) is 7.55. The Morgan fingerprint density at radius 3 is 1.58 bits per heavy atom. The molecular formula is C28H26NOP. The number of rotatable bonds is 8. The van der Waals surface area contributed by atoms with Gasteiger partial charge in [0.15, 0.2) is 0 Å². The SMILES string of the molecule is C=C(CC(NP(=O)(c1ccccc1)c1ccccc1)c1ccccc1)c1ccccc1. The number of hydrogen-bond donors (Lipinski definition) is 1. The van der Waals surface area contributed by atoms with Gasteiger partial charge in [0.05, 0.1) is 0 Å². The summed E-state index contributed by atoms with van der Waals surface area (Å²) in [5.41, 5.74) is 3.20. The molecule has 4 aromatic carbocycles. The third-order valence-electron chi connectivity index (χ3n) is 5.41. The lowest BCUT2D eigenvalue weighted by Gasteiger charge is -2.28. The second-order valence-corrected chi connectivity index (χ2v) is 10.1. The quantitative estimate of drug-likeness (QED) is 0.335. The molecule has 4 aromatic rings. The minimum absolute atomic E-state index is 0.153. The van der Waals surface area contributed by atoms with Crippen molar-refractivity contribution in [2.75, 3.05) is 0 Å². The van der Waals surface area contributed by atoms with E-state index in [0.717, 1.165) is 27.3 Å². The summed E-state index contributed by atoms with van der Waals surface area (Å²) in [4.78, 5) is 0. The van der Waals surface area contributed by atoms with E-state index >= 15 is 0 Å². The molecule has 0 saturated heterocycles. The summed E-state index contributed by atoms with van der Waals surface area (Å²) >= 11 is 0. The van der Waals surface area contributed by atoms with Gasteiger partial charge in [-0.3, -0.25) is 9.65 Å². The average molecular weight is 423 g/mol. The van der Waals surface area contributed by atoms with Gasteiger partial charge in [0.2, 0.25) is 7.29 Å². The highest BCUT2D eigenvalue weighted by Crippen LogP contribution is 2.43. The van der Waals surface area contributed by atoms with Gasteiger partial charge in [-0.05, 0) is 47.4 Å². The first kappa shape index (κ1) is 21.1. The van der Waals surface area contributed by atoms with Crippen LogP contribution in [0, 0.1) is 0 Å². The standard InChI is InChI=1S/C28H26NOP/c1-23(24-14-6-2-7-15-24)22-28(25-16-8-3-9-17-25)29-31(30,26-18-10-4-11-19-26)27-20-12-5-13-21-27/h2-21,28H,1,22H2,(H,29,30). The smallest absolute Gasteiger partial charge is 0.205 e. The third kappa shape index (κ3) is 4.94. The Morgan fingerprint density at radius 1 is 0.677 bits per heavy atom. The van der Waals surface area contributed by atoms with E-state index in [4.69, 9.17) is 0 Å². The molecule has 1 unspecified atom stereocenters. The fourth-order valence-corrected chi connectivity index (χ4v) is 6.21. The van der Waals surface area contributed by atoms with E-state index in [-0.39, 0.29) is 6.04 Å². The van der Waals surface area contributed by atoms with Gasteiger partial charge in [0.1, 0.15) is 0 Å². The van der Waals surface area contributed by atoms with Crippen LogP contribution in [-0.4, -0.2) is 0 Å². The van der Waals surface area contributed by atoms with Crippen LogP contribution in [0.25, 0.3) is 5.57 Å². The van der Waals surface area contributed by atoms with Gasteiger partial charge in [-0.1, -0.05) is 104 Å². The first-order valence-corrected chi connectivity index (χ1v) is 12.1. The highest BCUT2D eigenvalue weighted by atomic mass is 31.2. The molecule has 1 N–H and O–H groups in total. The van der Waals surface area contributed by atoms with E-state index in [2.05, 4.69) is 35.9 Å². The summed E-state index contributed by atoms with van der Waals surface area (Å²) in [6.45, 7) is 4.34. The maximum atomic E-state index is 14.6. The molecule has 3 heteroatoms. The fraction of sp³-hybridized carbons (Fsp3) is 0.0714. The molecule has 4 rings (SSSR count). The van der Waals surface area contributed by atoms with Crippen LogP contribution in [0.2, 0.25) is 0 Å². The van der Waals surface area contributed by atoms with Crippen LogP contribution in [0.3, 0.4) is 0 Å². The minimum Gasteiger partial charge on any atom is -0.297 e. The Hall–Kier alpha value is -3.19. The molecule has 0 bridgehead atoms. The zero-order chi connectivity index (χ0) is 21.5. The van der Waals surface area contributed by atoms with Crippen molar-refractivity contribution in [1.82, 2.24) is 5.09 Å². The Balaban J connectivity index is 1.75. The number of nitrogens with one attached hydrogen (secondary N) is 1. The van der Waals surface area contributed by atoms with E-state index in [1.165, 1.54) is 0 Å². The van der Waals surface area contributed by atoms with Gasteiger partial charge in [0.25, 0.3) is 0 Å². The lowest BCUT2D eigenvalue weighted by Crippen LogP contribution is -2.30. The third-order valence-corrected chi connectivity index (χ3v) is 8.14. The summed E-state index contributed by atoms with van der Waals surface area (Å²) in [5.74, 6) is 0. The van der Waals surface area contributed by atoms with Crippen molar-refractivity contribution in [1.29, 1.82) is 0 Å². The molecule has 154 valence electrons. The van der Waals surface area contributed by atoms with Crippen molar-refractivity contribution >= 4 is 23.5 Å². The van der Waals surface area contributed by atoms with E-state index in [1.54, 1.807) is 0 Å². The van der Waals surface area contributed by atoms with Gasteiger partial charge >= 0.3 is 0 Å². The Morgan fingerprint density at radius 2 is 1.10 bits per heavy atom. The summed E-state index contributed by atoms with van der Waals surface area (Å²) in [5, 5.41) is 5.17. The predicted molar refractivity (Wildman–Crippen MR) is 132 cm³/mol. The molecule has 2 nitrogen and oxygen atoms in total. The predicted octanol–water partition coefficient (Wildman–Crippen LogP) is 6.35. The monoisotopic (exact) mass is 423 g/mol. The summed E-state index contributed by atoms with van der Waals surface area (Å²) in [7, 11) is -3.08. The van der Waals surface area contributed by atoms with E-state index in [9.17, 15) is 4.57 Å². The zero-order valence-corrected chi connectivity index (χ0v) is 18.3. The van der Waals surface area contributed by atoms with E-state index < -0.39 is 7.29 Å². The topological polar surface area (TPSA) is 29.1 Å². The molecule has 0 heterocycles. The molecule has 0 aliphatic heterocycles. The second kappa shape index (κ2) is 9.75. The molecule has 0 aliphatic rings. The number of hydrogen-bond acceptors (Lipinski definition) is 1. The van der Waals surface area contributed by atoms with Gasteiger partial charge in [-0.25, -0.2) is 0 Å². The van der Waals surface area contributed by atoms with Gasteiger partial charge in [0, 0.05) is 16.7 Å².